The van der Waals surface area contributed by atoms with Gasteiger partial charge in [-0.2, -0.15) is 4.98 Å². The maximum absolute atomic E-state index is 12.6. The number of ether oxygens (including phenoxy) is 1. The van der Waals surface area contributed by atoms with Crippen LogP contribution >= 0.6 is 0 Å². The van der Waals surface area contributed by atoms with Gasteiger partial charge in [0, 0.05) is 18.0 Å². The number of anilines is 1. The van der Waals surface area contributed by atoms with Gasteiger partial charge < -0.3 is 4.74 Å². The van der Waals surface area contributed by atoms with Gasteiger partial charge in [0.15, 0.2) is 5.65 Å². The van der Waals surface area contributed by atoms with Crippen molar-refractivity contribution in [3.05, 3.63) is 17.8 Å². The first-order chi connectivity index (χ1) is 16.8. The number of carbonyl (C=O) groups is 1. The van der Waals surface area contributed by atoms with Gasteiger partial charge in [-0.25, -0.2) is 23.2 Å². The molecule has 0 unspecified atom stereocenters. The predicted octanol–water partition coefficient (Wildman–Crippen LogP) is 5.88. The summed E-state index contributed by atoms with van der Waals surface area (Å²) in [4.78, 5) is 25.2. The summed E-state index contributed by atoms with van der Waals surface area (Å²) < 4.78 is 29.7. The molecule has 1 saturated carbocycles. The lowest BCUT2D eigenvalue weighted by atomic mass is 9.98. The topological polar surface area (TPSA) is 111 Å². The number of nitrogens with zero attached hydrogens (tertiary/aromatic N) is 3. The molecule has 1 aliphatic carbocycles. The number of sulfone groups is 1. The van der Waals surface area contributed by atoms with E-state index in [1.807, 2.05) is 0 Å². The fourth-order valence-corrected chi connectivity index (χ4v) is 11.1. The van der Waals surface area contributed by atoms with Crippen molar-refractivity contribution in [2.75, 3.05) is 11.6 Å². The minimum atomic E-state index is -3.63. The molecule has 0 radical (unpaired) electrons. The van der Waals surface area contributed by atoms with Crippen molar-refractivity contribution in [1.29, 1.82) is 0 Å². The van der Waals surface area contributed by atoms with Crippen molar-refractivity contribution in [2.45, 2.75) is 102 Å². The van der Waals surface area contributed by atoms with Crippen LogP contribution in [-0.2, 0) is 14.6 Å². The number of nitrogens with one attached hydrogen (secondary N) is 1. The molecule has 0 bridgehead atoms. The lowest BCUT2D eigenvalue weighted by Gasteiger charge is -2.38. The second-order valence-corrected chi connectivity index (χ2v) is 18.1. The highest BCUT2D eigenvalue weighted by Crippen LogP contribution is 2.41. The van der Waals surface area contributed by atoms with E-state index >= 15 is 0 Å². The van der Waals surface area contributed by atoms with Crippen molar-refractivity contribution in [2.24, 2.45) is 0 Å². The monoisotopic (exact) mass is 530 g/mol. The zero-order valence-electron chi connectivity index (χ0n) is 22.4. The minimum absolute atomic E-state index is 0.104. The van der Waals surface area contributed by atoms with Crippen molar-refractivity contribution in [1.82, 2.24) is 15.0 Å². The third-order valence-corrected chi connectivity index (χ3v) is 14.4. The molecule has 0 saturated heterocycles. The Morgan fingerprint density at radius 2 is 1.67 bits per heavy atom. The normalized spacial score (nSPS) is 15.3. The van der Waals surface area contributed by atoms with Gasteiger partial charge in [0.1, 0.15) is 20.0 Å². The Morgan fingerprint density at radius 3 is 2.22 bits per heavy atom. The number of fused-ring (bicyclic) bond motifs is 1. The molecule has 1 aliphatic rings. The molecule has 0 aromatic carbocycles. The molecule has 0 spiro atoms. The van der Waals surface area contributed by atoms with Gasteiger partial charge in [0.25, 0.3) is 0 Å². The van der Waals surface area contributed by atoms with Gasteiger partial charge in [-0.05, 0) is 48.4 Å². The summed E-state index contributed by atoms with van der Waals surface area (Å²) in [6, 6.07) is 1.70. The van der Waals surface area contributed by atoms with E-state index < -0.39 is 24.0 Å². The number of pyridine rings is 1. The zero-order chi connectivity index (χ0) is 26.7. The molecule has 2 heterocycles. The first kappa shape index (κ1) is 28.1. The van der Waals surface area contributed by atoms with Crippen LogP contribution < -0.4 is 5.32 Å². The number of hydrogen-bond donors (Lipinski definition) is 1. The predicted molar refractivity (Wildman–Crippen MR) is 145 cm³/mol. The van der Waals surface area contributed by atoms with Crippen LogP contribution in [0, 0.1) is 11.5 Å². The summed E-state index contributed by atoms with van der Waals surface area (Å²) in [6.45, 7) is 13.4. The molecule has 10 heteroatoms. The van der Waals surface area contributed by atoms with Gasteiger partial charge in [-0.3, -0.25) is 5.32 Å². The Morgan fingerprint density at radius 1 is 1.06 bits per heavy atom. The fourth-order valence-electron chi connectivity index (χ4n) is 5.42. The van der Waals surface area contributed by atoms with Gasteiger partial charge in [-0.15, -0.1) is 5.54 Å². The standard InChI is InChI=1S/C26H38N4O4SSi/c1-17(2)36(18(3)4,19(5)6)14-13-20-15-23(29-26(31)34-21-11-9-8-10-12-21)28-24-22(20)16-27-25(30-24)35(7,32)33/h15-19,21H,8-12H2,1-7H3,(H,27,28,29,30,31). The molecule has 1 fully saturated rings. The van der Waals surface area contributed by atoms with Gasteiger partial charge >= 0.3 is 6.09 Å². The highest BCUT2D eigenvalue weighted by Gasteiger charge is 2.41. The third kappa shape index (κ3) is 6.24. The molecule has 196 valence electrons. The summed E-state index contributed by atoms with van der Waals surface area (Å²) in [5.41, 5.74) is 5.76. The first-order valence-corrected chi connectivity index (χ1v) is 16.9. The number of amides is 1. The summed E-state index contributed by atoms with van der Waals surface area (Å²) in [5.74, 6) is 3.60. The average molecular weight is 531 g/mol. The second kappa shape index (κ2) is 11.3. The molecular formula is C26H38N4O4SSi. The Hall–Kier alpha value is -2.51. The van der Waals surface area contributed by atoms with Crippen LogP contribution in [-0.4, -0.2) is 49.9 Å². The van der Waals surface area contributed by atoms with E-state index in [0.29, 0.717) is 27.6 Å². The van der Waals surface area contributed by atoms with Crippen LogP contribution in [0.2, 0.25) is 16.6 Å². The molecular weight excluding hydrogens is 492 g/mol. The van der Waals surface area contributed by atoms with Crippen LogP contribution in [0.5, 0.6) is 0 Å². The van der Waals surface area contributed by atoms with Crippen molar-refractivity contribution < 1.29 is 17.9 Å². The maximum atomic E-state index is 12.6. The lowest BCUT2D eigenvalue weighted by Crippen LogP contribution is -2.43. The Bertz CT molecular complexity index is 1250. The van der Waals surface area contributed by atoms with Crippen LogP contribution in [0.1, 0.15) is 79.2 Å². The number of aromatic nitrogens is 3. The summed E-state index contributed by atoms with van der Waals surface area (Å²) >= 11 is 0. The Labute approximate surface area is 216 Å². The van der Waals surface area contributed by atoms with Crippen molar-refractivity contribution in [3.63, 3.8) is 0 Å². The molecule has 36 heavy (non-hydrogen) atoms. The molecule has 0 atom stereocenters. The molecule has 3 rings (SSSR count). The van der Waals surface area contributed by atoms with Crippen LogP contribution in [0.4, 0.5) is 10.6 Å². The maximum Gasteiger partial charge on any atom is 0.413 e. The minimum Gasteiger partial charge on any atom is -0.446 e. The first-order valence-electron chi connectivity index (χ1n) is 12.7. The third-order valence-electron chi connectivity index (χ3n) is 7.21. The summed E-state index contributed by atoms with van der Waals surface area (Å²) in [5, 5.41) is 2.93. The van der Waals surface area contributed by atoms with E-state index in [1.54, 1.807) is 6.07 Å². The quantitative estimate of drug-likeness (QED) is 0.282. The van der Waals surface area contributed by atoms with Crippen LogP contribution in [0.15, 0.2) is 17.4 Å². The van der Waals surface area contributed by atoms with E-state index in [-0.39, 0.29) is 22.7 Å². The SMILES string of the molecule is CC(C)[Si](C#Cc1cc(NC(=O)OC2CCCCC2)nc2nc(S(C)(=O)=O)ncc12)(C(C)C)C(C)C. The summed E-state index contributed by atoms with van der Waals surface area (Å²) in [6.07, 6.45) is 6.77. The largest absolute Gasteiger partial charge is 0.446 e. The number of carbonyl (C=O) groups excluding carboxylic acids is 1. The summed E-state index contributed by atoms with van der Waals surface area (Å²) in [7, 11) is -5.68. The molecule has 8 nitrogen and oxygen atoms in total. The smallest absolute Gasteiger partial charge is 0.413 e. The van der Waals surface area contributed by atoms with E-state index in [0.717, 1.165) is 38.4 Å². The van der Waals surface area contributed by atoms with Crippen molar-refractivity contribution >= 4 is 40.9 Å². The Balaban J connectivity index is 2.09. The number of rotatable bonds is 6. The van der Waals surface area contributed by atoms with E-state index in [4.69, 9.17) is 4.74 Å². The highest BCUT2D eigenvalue weighted by atomic mass is 32.2. The second-order valence-electron chi connectivity index (χ2n) is 10.7. The molecule has 1 amide bonds. The van der Waals surface area contributed by atoms with E-state index in [2.05, 4.69) is 73.3 Å². The molecule has 1 N–H and O–H groups in total. The van der Waals surface area contributed by atoms with Crippen LogP contribution in [0.25, 0.3) is 11.0 Å². The zero-order valence-corrected chi connectivity index (χ0v) is 24.2. The Kier molecular flexibility index (Phi) is 8.78. The molecule has 2 aromatic heterocycles. The molecule has 0 aliphatic heterocycles. The van der Waals surface area contributed by atoms with Gasteiger partial charge in [-0.1, -0.05) is 53.9 Å². The fraction of sp³-hybridized carbons (Fsp3) is 0.615. The van der Waals surface area contributed by atoms with Gasteiger partial charge in [0.05, 0.1) is 5.39 Å². The average Bonchev–Trinajstić information content (AvgIpc) is 2.78. The van der Waals surface area contributed by atoms with Crippen molar-refractivity contribution in [3.8, 4) is 11.5 Å². The number of hydrogen-bond acceptors (Lipinski definition) is 7. The lowest BCUT2D eigenvalue weighted by molar-refractivity contribution is 0.0864. The van der Waals surface area contributed by atoms with Gasteiger partial charge in [0.2, 0.25) is 15.0 Å². The molecule has 2 aromatic rings. The van der Waals surface area contributed by atoms with E-state index in [9.17, 15) is 13.2 Å². The highest BCUT2D eigenvalue weighted by molar-refractivity contribution is 7.90. The van der Waals surface area contributed by atoms with E-state index in [1.165, 1.54) is 6.20 Å². The van der Waals surface area contributed by atoms with Crippen LogP contribution in [0.3, 0.4) is 0 Å².